The van der Waals surface area contributed by atoms with E-state index in [0.29, 0.717) is 5.56 Å². The number of carbonyl (C=O) groups is 3. The van der Waals surface area contributed by atoms with E-state index >= 15 is 0 Å². The second-order valence-electron chi connectivity index (χ2n) is 5.24. The van der Waals surface area contributed by atoms with Crippen LogP contribution in [0.4, 0.5) is 0 Å². The van der Waals surface area contributed by atoms with Gasteiger partial charge in [0.05, 0.1) is 12.2 Å². The zero-order valence-electron chi connectivity index (χ0n) is 12.9. The molecule has 1 heterocycles. The van der Waals surface area contributed by atoms with Crippen molar-refractivity contribution in [3.63, 3.8) is 0 Å². The van der Waals surface area contributed by atoms with Crippen LogP contribution in [0.1, 0.15) is 15.9 Å². The Balaban J connectivity index is 2.12. The van der Waals surface area contributed by atoms with E-state index in [2.05, 4.69) is 34.4 Å². The summed E-state index contributed by atoms with van der Waals surface area (Å²) in [6.45, 7) is 7.44. The number of carbonyl (C=O) groups excluding carboxylic acids is 3. The predicted octanol–water partition coefficient (Wildman–Crippen LogP) is 1.64. The third-order valence-electron chi connectivity index (χ3n) is 3.43. The van der Waals surface area contributed by atoms with Gasteiger partial charge < -0.3 is 10.2 Å². The molecule has 0 spiro atoms. The third kappa shape index (κ3) is 3.19. The van der Waals surface area contributed by atoms with Gasteiger partial charge in [0, 0.05) is 24.1 Å². The summed E-state index contributed by atoms with van der Waals surface area (Å²) in [4.78, 5) is 38.9. The Morgan fingerprint density at radius 3 is 2.52 bits per heavy atom. The van der Waals surface area contributed by atoms with Crippen LogP contribution in [0.5, 0.6) is 0 Å². The van der Waals surface area contributed by atoms with Crippen molar-refractivity contribution in [3.05, 3.63) is 58.4 Å². The van der Waals surface area contributed by atoms with E-state index in [1.807, 2.05) is 6.07 Å². The van der Waals surface area contributed by atoms with Crippen molar-refractivity contribution in [2.45, 2.75) is 6.54 Å². The number of hydrogen-bond acceptors (Lipinski definition) is 3. The molecule has 0 aromatic heterocycles. The zero-order chi connectivity index (χ0) is 17.3. The van der Waals surface area contributed by atoms with E-state index in [1.54, 1.807) is 26.2 Å². The van der Waals surface area contributed by atoms with Crippen LogP contribution in [0.25, 0.3) is 0 Å². The van der Waals surface area contributed by atoms with Gasteiger partial charge in [0.2, 0.25) is 0 Å². The first-order valence-corrected chi connectivity index (χ1v) is 7.53. The Labute approximate surface area is 142 Å². The lowest BCUT2D eigenvalue weighted by atomic mass is 10.1. The summed E-state index contributed by atoms with van der Waals surface area (Å²) < 4.78 is 0.797. The monoisotopic (exact) mass is 377 g/mol. The van der Waals surface area contributed by atoms with Gasteiger partial charge in [0.15, 0.2) is 0 Å². The molecule has 0 saturated heterocycles. The van der Waals surface area contributed by atoms with Gasteiger partial charge in [-0.2, -0.15) is 0 Å². The zero-order valence-corrected chi connectivity index (χ0v) is 14.4. The number of hydrogen-bond donors (Lipinski definition) is 1. The first kappa shape index (κ1) is 17.0. The van der Waals surface area contributed by atoms with Crippen molar-refractivity contribution < 1.29 is 14.4 Å². The van der Waals surface area contributed by atoms with Gasteiger partial charge in [-0.15, -0.1) is 0 Å². The highest BCUT2D eigenvalue weighted by atomic mass is 79.9. The van der Waals surface area contributed by atoms with Crippen molar-refractivity contribution in [1.29, 1.82) is 0 Å². The largest absolute Gasteiger partial charge is 0.344 e. The second-order valence-corrected chi connectivity index (χ2v) is 6.09. The van der Waals surface area contributed by atoms with Gasteiger partial charge in [-0.1, -0.05) is 35.2 Å². The molecule has 6 nitrogen and oxygen atoms in total. The average molecular weight is 378 g/mol. The maximum Gasteiger partial charge on any atom is 0.271 e. The number of likely N-dealkylation sites (N-methyl/N-ethyl adjacent to an activating group) is 1. The molecule has 1 N–H and O–H groups in total. The maximum atomic E-state index is 12.4. The molecule has 3 amide bonds. The highest BCUT2D eigenvalue weighted by Crippen LogP contribution is 2.31. The summed E-state index contributed by atoms with van der Waals surface area (Å²) in [6.07, 6.45) is 0. The molecule has 1 aliphatic heterocycles. The summed E-state index contributed by atoms with van der Waals surface area (Å²) in [5.41, 5.74) is 1.21. The topological polar surface area (TPSA) is 69.7 Å². The number of amides is 3. The first-order valence-electron chi connectivity index (χ1n) is 6.74. The molecule has 0 aliphatic carbocycles. The smallest absolute Gasteiger partial charge is 0.271 e. The first-order chi connectivity index (χ1) is 10.7. The lowest BCUT2D eigenvalue weighted by Gasteiger charge is -2.19. The Morgan fingerprint density at radius 2 is 1.96 bits per heavy atom. The van der Waals surface area contributed by atoms with E-state index in [0.717, 1.165) is 10.0 Å². The number of halogens is 1. The number of benzene rings is 1. The molecule has 120 valence electrons. The molecule has 0 unspecified atom stereocenters. The molecule has 0 atom stereocenters. The fourth-order valence-electron chi connectivity index (χ4n) is 2.17. The van der Waals surface area contributed by atoms with Crippen LogP contribution in [0, 0.1) is 0 Å². The van der Waals surface area contributed by atoms with E-state index in [4.69, 9.17) is 0 Å². The Bertz CT molecular complexity index is 740. The second kappa shape index (κ2) is 6.37. The molecule has 1 aromatic carbocycles. The fourth-order valence-corrected chi connectivity index (χ4v) is 2.66. The summed E-state index contributed by atoms with van der Waals surface area (Å²) in [5, 5.41) is 2.37. The third-order valence-corrected chi connectivity index (χ3v) is 4.17. The van der Waals surface area contributed by atoms with Crippen molar-refractivity contribution in [2.75, 3.05) is 14.1 Å². The molecule has 1 aromatic rings. The van der Waals surface area contributed by atoms with Gasteiger partial charge in [-0.05, 0) is 17.7 Å². The van der Waals surface area contributed by atoms with Crippen molar-refractivity contribution in [1.82, 2.24) is 15.1 Å². The summed E-state index contributed by atoms with van der Waals surface area (Å²) in [7, 11) is 3.10. The molecule has 23 heavy (non-hydrogen) atoms. The maximum absolute atomic E-state index is 12.4. The molecular formula is C16H16BrN3O3. The van der Waals surface area contributed by atoms with E-state index in [-0.39, 0.29) is 23.8 Å². The molecule has 2 rings (SSSR count). The lowest BCUT2D eigenvalue weighted by Crippen LogP contribution is -2.38. The fraction of sp³-hybridized carbons (Fsp3) is 0.188. The number of fused-ring (bicyclic) bond motifs is 1. The minimum absolute atomic E-state index is 0.0363. The van der Waals surface area contributed by atoms with Gasteiger partial charge in [-0.3, -0.25) is 19.3 Å². The van der Waals surface area contributed by atoms with Crippen molar-refractivity contribution in [2.24, 2.45) is 0 Å². The SMILES string of the molecule is C=C(NC(=O)C(=C)N1Cc2c(Br)cccc2C1=O)C(=O)N(C)C. The number of nitrogens with one attached hydrogen (secondary N) is 1. The van der Waals surface area contributed by atoms with Crippen molar-refractivity contribution >= 4 is 33.7 Å². The van der Waals surface area contributed by atoms with E-state index in [1.165, 1.54) is 9.80 Å². The standard InChI is InChI=1S/C16H16BrN3O3/c1-9(15(22)19(3)4)18-14(21)10(2)20-8-12-11(16(20)23)6-5-7-13(12)17/h5-7H,1-2,8H2,3-4H3,(H,18,21). The van der Waals surface area contributed by atoms with E-state index < -0.39 is 11.8 Å². The van der Waals surface area contributed by atoms with Crippen LogP contribution in [0.2, 0.25) is 0 Å². The number of nitrogens with zero attached hydrogens (tertiary/aromatic N) is 2. The summed E-state index contributed by atoms with van der Waals surface area (Å²) in [6, 6.07) is 5.28. The lowest BCUT2D eigenvalue weighted by molar-refractivity contribution is -0.127. The molecule has 1 aliphatic rings. The Morgan fingerprint density at radius 1 is 1.30 bits per heavy atom. The van der Waals surface area contributed by atoms with Crippen LogP contribution in [-0.4, -0.2) is 41.6 Å². The van der Waals surface area contributed by atoms with Gasteiger partial charge in [-0.25, -0.2) is 0 Å². The van der Waals surface area contributed by atoms with Crippen LogP contribution in [0.15, 0.2) is 47.2 Å². The summed E-state index contributed by atoms with van der Waals surface area (Å²) >= 11 is 3.39. The van der Waals surface area contributed by atoms with Crippen LogP contribution < -0.4 is 5.32 Å². The average Bonchev–Trinajstić information content (AvgIpc) is 2.84. The minimum Gasteiger partial charge on any atom is -0.344 e. The molecule has 0 saturated carbocycles. The molecular weight excluding hydrogens is 362 g/mol. The highest BCUT2D eigenvalue weighted by molar-refractivity contribution is 9.10. The Hall–Kier alpha value is -2.41. The molecule has 0 bridgehead atoms. The summed E-state index contributed by atoms with van der Waals surface area (Å²) in [5.74, 6) is -1.36. The molecule has 0 fully saturated rings. The van der Waals surface area contributed by atoms with Crippen LogP contribution in [-0.2, 0) is 16.1 Å². The predicted molar refractivity (Wildman–Crippen MR) is 89.1 cm³/mol. The van der Waals surface area contributed by atoms with Gasteiger partial charge >= 0.3 is 0 Å². The van der Waals surface area contributed by atoms with Gasteiger partial charge in [0.25, 0.3) is 17.7 Å². The van der Waals surface area contributed by atoms with Crippen LogP contribution >= 0.6 is 15.9 Å². The molecule has 0 radical (unpaired) electrons. The number of rotatable bonds is 4. The Kier molecular flexibility index (Phi) is 4.70. The van der Waals surface area contributed by atoms with Crippen LogP contribution in [0.3, 0.4) is 0 Å². The normalized spacial score (nSPS) is 12.7. The molecule has 7 heteroatoms. The van der Waals surface area contributed by atoms with Crippen molar-refractivity contribution in [3.8, 4) is 0 Å². The minimum atomic E-state index is -0.637. The van der Waals surface area contributed by atoms with Gasteiger partial charge in [0.1, 0.15) is 5.70 Å². The highest BCUT2D eigenvalue weighted by Gasteiger charge is 2.33. The quantitative estimate of drug-likeness (QED) is 0.810. The van der Waals surface area contributed by atoms with E-state index in [9.17, 15) is 14.4 Å².